The normalized spacial score (nSPS) is 19.3. The van der Waals surface area contributed by atoms with Crippen molar-refractivity contribution in [2.45, 2.75) is 206 Å². The number of imidazole rings is 1. The van der Waals surface area contributed by atoms with Gasteiger partial charge in [-0.2, -0.15) is 4.31 Å². The lowest BCUT2D eigenvalue weighted by molar-refractivity contribution is -0.137. The van der Waals surface area contributed by atoms with Gasteiger partial charge in [-0.05, 0) is 6.42 Å². The molecule has 10 N–H and O–H groups in total. The number of ether oxygens (including phenoxy) is 1. The van der Waals surface area contributed by atoms with Gasteiger partial charge in [0.15, 0.2) is 22.8 Å². The Kier molecular flexibility index (Phi) is 30.6. The number of phosphoric ester groups is 3. The smallest absolute Gasteiger partial charge is 0.386 e. The van der Waals surface area contributed by atoms with E-state index < -0.39 is 84.6 Å². The van der Waals surface area contributed by atoms with E-state index in [1.54, 1.807) is 0 Å². The average Bonchev–Trinajstić information content (AvgIpc) is 3.90. The second kappa shape index (κ2) is 34.4. The molecule has 7 atom stereocenters. The SMILES string of the molecule is CCCCCCCCCCCCCCCCCCCCCCCCC(=O)SCCNC(=O)CCNC(=O)[C@H](O)C(C)(C)COP(=O)(O)OP(=O)(O)OC[C@H]1O[C@@H](n2cnc3c(N)ncnc32)[C@H](O)[C@@H]1OP(=O)(O)O. The monoisotopic (exact) mass is 1130 g/mol. The topological polar surface area (TPSA) is 364 Å². The van der Waals surface area contributed by atoms with Gasteiger partial charge in [-0.3, -0.25) is 32.5 Å². The summed E-state index contributed by atoms with van der Waals surface area (Å²) in [5.74, 6) is -1.01. The molecule has 0 spiro atoms. The number of nitrogens with two attached hydrogens (primary N) is 1. The van der Waals surface area contributed by atoms with Gasteiger partial charge >= 0.3 is 23.5 Å². The number of unbranched alkanes of at least 4 members (excludes halogenated alkanes) is 21. The van der Waals surface area contributed by atoms with Crippen LogP contribution in [0.3, 0.4) is 0 Å². The number of nitrogens with one attached hydrogen (secondary N) is 2. The van der Waals surface area contributed by atoms with Crippen LogP contribution in [0.4, 0.5) is 5.82 Å². The Bertz CT molecular complexity index is 2120. The molecule has 28 heteroatoms. The molecule has 0 radical (unpaired) electrons. The number of anilines is 1. The summed E-state index contributed by atoms with van der Waals surface area (Å²) in [6.45, 7) is 2.86. The number of amides is 2. The van der Waals surface area contributed by atoms with E-state index in [1.165, 1.54) is 136 Å². The number of hydrogen-bond donors (Lipinski definition) is 9. The third-order valence-electron chi connectivity index (χ3n) is 12.5. The Morgan fingerprint density at radius 2 is 1.30 bits per heavy atom. The van der Waals surface area contributed by atoms with Gasteiger partial charge in [0, 0.05) is 37.1 Å². The quantitative estimate of drug-likeness (QED) is 0.0227. The Morgan fingerprint density at radius 1 is 0.770 bits per heavy atom. The number of phosphoric acid groups is 3. The highest BCUT2D eigenvalue weighted by Gasteiger charge is 2.50. The Balaban J connectivity index is 1.21. The minimum Gasteiger partial charge on any atom is -0.386 e. The molecular formula is C46H84N7O17P3S. The van der Waals surface area contributed by atoms with E-state index in [9.17, 15) is 57.9 Å². The summed E-state index contributed by atoms with van der Waals surface area (Å²) in [5.41, 5.74) is 4.30. The van der Waals surface area contributed by atoms with Gasteiger partial charge in [0.2, 0.25) is 11.8 Å². The van der Waals surface area contributed by atoms with Crippen LogP contribution in [0.15, 0.2) is 12.7 Å². The van der Waals surface area contributed by atoms with Crippen LogP contribution in [0.5, 0.6) is 0 Å². The fourth-order valence-corrected chi connectivity index (χ4v) is 11.8. The fourth-order valence-electron chi connectivity index (χ4n) is 8.25. The van der Waals surface area contributed by atoms with Crippen LogP contribution in [0.25, 0.3) is 11.2 Å². The first kappa shape index (κ1) is 65.8. The molecule has 1 fully saturated rings. The van der Waals surface area contributed by atoms with Crippen molar-refractivity contribution in [1.82, 2.24) is 30.2 Å². The summed E-state index contributed by atoms with van der Waals surface area (Å²) in [4.78, 5) is 88.6. The second-order valence-electron chi connectivity index (χ2n) is 19.5. The van der Waals surface area contributed by atoms with Gasteiger partial charge in [-0.1, -0.05) is 167 Å². The van der Waals surface area contributed by atoms with Crippen molar-refractivity contribution in [3.05, 3.63) is 12.7 Å². The standard InChI is InChI=1S/C46H84N7O17P3S/c1-4-5-6-7-8-9-10-11-12-13-14-15-16-17-18-19-20-21-22-23-24-25-26-37(55)74-30-29-48-36(54)27-28-49-44(58)41(57)46(2,3)32-67-73(64,65)70-72(62,63)66-31-35-40(69-71(59,60)61)39(56)45(68-35)53-34-52-38-42(47)50-33-51-43(38)53/h33-35,39-41,45,56-57H,4-32H2,1-3H3,(H,48,54)(H,49,58)(H,62,63)(H,64,65)(H2,47,50,51)(H2,59,60,61)/t35-,39-,40-,41+,45-/m1/s1. The predicted molar refractivity (Wildman–Crippen MR) is 279 cm³/mol. The van der Waals surface area contributed by atoms with Crippen LogP contribution in [-0.4, -0.2) is 123 Å². The summed E-state index contributed by atoms with van der Waals surface area (Å²) in [6.07, 6.45) is 22.3. The molecule has 2 aromatic rings. The van der Waals surface area contributed by atoms with E-state index in [2.05, 4.69) is 41.3 Å². The zero-order valence-corrected chi connectivity index (χ0v) is 46.8. The summed E-state index contributed by atoms with van der Waals surface area (Å²) >= 11 is 1.16. The van der Waals surface area contributed by atoms with Gasteiger partial charge in [0.1, 0.15) is 36.3 Å². The number of carbonyl (C=O) groups is 3. The number of nitrogen functional groups attached to an aromatic ring is 1. The second-order valence-corrected chi connectivity index (χ2v) is 24.9. The van der Waals surface area contributed by atoms with Gasteiger partial charge in [-0.15, -0.1) is 0 Å². The number of rotatable bonds is 42. The number of carbonyl (C=O) groups excluding carboxylic acids is 3. The number of nitrogens with zero attached hydrogens (tertiary/aromatic N) is 4. The molecule has 2 aromatic heterocycles. The molecule has 3 heterocycles. The Morgan fingerprint density at radius 3 is 1.84 bits per heavy atom. The summed E-state index contributed by atoms with van der Waals surface area (Å²) in [7, 11) is -16.4. The van der Waals surface area contributed by atoms with Gasteiger partial charge in [0.05, 0.1) is 19.5 Å². The maximum Gasteiger partial charge on any atom is 0.481 e. The molecule has 24 nitrogen and oxygen atoms in total. The fraction of sp³-hybridized carbons (Fsp3) is 0.826. The molecule has 0 aliphatic carbocycles. The third kappa shape index (κ3) is 26.3. The van der Waals surface area contributed by atoms with Crippen LogP contribution >= 0.6 is 35.2 Å². The molecule has 1 saturated heterocycles. The number of aromatic nitrogens is 4. The molecule has 3 rings (SSSR count). The van der Waals surface area contributed by atoms with Gasteiger partial charge < -0.3 is 50.9 Å². The number of aliphatic hydroxyl groups excluding tert-OH is 2. The lowest BCUT2D eigenvalue weighted by atomic mass is 9.87. The van der Waals surface area contributed by atoms with Crippen molar-refractivity contribution in [3.8, 4) is 0 Å². The van der Waals surface area contributed by atoms with Crippen molar-refractivity contribution in [2.75, 3.05) is 37.8 Å². The van der Waals surface area contributed by atoms with Crippen LogP contribution in [-0.2, 0) is 50.7 Å². The summed E-state index contributed by atoms with van der Waals surface area (Å²) in [5, 5.41) is 26.7. The van der Waals surface area contributed by atoms with E-state index in [0.29, 0.717) is 12.2 Å². The van der Waals surface area contributed by atoms with Crippen molar-refractivity contribution in [1.29, 1.82) is 0 Å². The molecule has 74 heavy (non-hydrogen) atoms. The third-order valence-corrected chi connectivity index (χ3v) is 16.5. The molecule has 1 aliphatic rings. The first-order valence-corrected chi connectivity index (χ1v) is 31.6. The lowest BCUT2D eigenvalue weighted by Crippen LogP contribution is -2.46. The maximum absolute atomic E-state index is 12.8. The van der Waals surface area contributed by atoms with Crippen molar-refractivity contribution < 1.29 is 80.5 Å². The van der Waals surface area contributed by atoms with Crippen molar-refractivity contribution in [2.24, 2.45) is 5.41 Å². The molecule has 426 valence electrons. The lowest BCUT2D eigenvalue weighted by Gasteiger charge is -2.30. The van der Waals surface area contributed by atoms with Crippen LogP contribution in [0.1, 0.15) is 181 Å². The number of fused-ring (bicyclic) bond motifs is 1. The van der Waals surface area contributed by atoms with E-state index in [0.717, 1.165) is 48.2 Å². The highest BCUT2D eigenvalue weighted by atomic mass is 32.2. The van der Waals surface area contributed by atoms with Crippen molar-refractivity contribution in [3.63, 3.8) is 0 Å². The molecule has 2 unspecified atom stereocenters. The molecule has 0 aromatic carbocycles. The van der Waals surface area contributed by atoms with E-state index in [1.807, 2.05) is 0 Å². The minimum absolute atomic E-state index is 0.0347. The van der Waals surface area contributed by atoms with E-state index in [-0.39, 0.29) is 41.6 Å². The first-order valence-electron chi connectivity index (χ1n) is 26.1. The van der Waals surface area contributed by atoms with Crippen LogP contribution < -0.4 is 16.4 Å². The molecule has 0 saturated carbocycles. The van der Waals surface area contributed by atoms with E-state index in [4.69, 9.17) is 19.5 Å². The summed E-state index contributed by atoms with van der Waals surface area (Å²) in [6, 6.07) is 0. The van der Waals surface area contributed by atoms with Crippen LogP contribution in [0, 0.1) is 5.41 Å². The zero-order chi connectivity index (χ0) is 54.6. The largest absolute Gasteiger partial charge is 0.481 e. The highest BCUT2D eigenvalue weighted by Crippen LogP contribution is 2.61. The Labute approximate surface area is 439 Å². The maximum atomic E-state index is 12.8. The number of aliphatic hydroxyl groups is 2. The predicted octanol–water partition coefficient (Wildman–Crippen LogP) is 7.66. The molecular weight excluding hydrogens is 1050 g/mol. The molecule has 0 bridgehead atoms. The van der Waals surface area contributed by atoms with E-state index >= 15 is 0 Å². The van der Waals surface area contributed by atoms with Crippen LogP contribution in [0.2, 0.25) is 0 Å². The molecule has 2 amide bonds. The zero-order valence-electron chi connectivity index (χ0n) is 43.3. The number of hydrogen-bond acceptors (Lipinski definition) is 18. The highest BCUT2D eigenvalue weighted by molar-refractivity contribution is 8.13. The number of thioether (sulfide) groups is 1. The summed E-state index contributed by atoms with van der Waals surface area (Å²) < 4.78 is 62.6. The molecule has 1 aliphatic heterocycles. The van der Waals surface area contributed by atoms with Gasteiger partial charge in [-0.25, -0.2) is 28.6 Å². The van der Waals surface area contributed by atoms with Crippen molar-refractivity contribution >= 4 is 69.1 Å². The average molecular weight is 1130 g/mol. The van der Waals surface area contributed by atoms with Gasteiger partial charge in [0.25, 0.3) is 0 Å². The first-order chi connectivity index (χ1) is 35.1. The minimum atomic E-state index is -5.58. The Hall–Kier alpha value is -2.44.